The second-order valence-electron chi connectivity index (χ2n) is 3.32. The van der Waals surface area contributed by atoms with Gasteiger partial charge in [-0.2, -0.15) is 12.6 Å². The summed E-state index contributed by atoms with van der Waals surface area (Å²) in [6, 6.07) is 6.01. The number of nitrogens with two attached hydrogens (primary N) is 1. The maximum atomic E-state index is 5.82. The molecule has 72 valence electrons. The fourth-order valence-electron chi connectivity index (χ4n) is 1.10. The monoisotopic (exact) mass is 196 g/mol. The summed E-state index contributed by atoms with van der Waals surface area (Å²) in [5, 5.41) is 3.57. The number of rotatable bonds is 3. The van der Waals surface area contributed by atoms with Crippen molar-refractivity contribution in [3.05, 3.63) is 23.8 Å². The molecule has 3 heteroatoms. The van der Waals surface area contributed by atoms with Crippen molar-refractivity contribution in [3.8, 4) is 0 Å². The molecule has 0 spiro atoms. The van der Waals surface area contributed by atoms with Crippen molar-refractivity contribution in [2.24, 2.45) is 0 Å². The average Bonchev–Trinajstić information content (AvgIpc) is 2.02. The molecule has 0 heterocycles. The van der Waals surface area contributed by atoms with Crippen LogP contribution in [0.2, 0.25) is 0 Å². The van der Waals surface area contributed by atoms with E-state index < -0.39 is 0 Å². The first-order chi connectivity index (χ1) is 6.09. The van der Waals surface area contributed by atoms with Crippen LogP contribution in [0.4, 0.5) is 11.4 Å². The fraction of sp³-hybridized carbons (Fsp3) is 0.400. The van der Waals surface area contributed by atoms with Gasteiger partial charge in [0.2, 0.25) is 0 Å². The van der Waals surface area contributed by atoms with Crippen molar-refractivity contribution >= 4 is 24.0 Å². The van der Waals surface area contributed by atoms with Gasteiger partial charge in [0.1, 0.15) is 0 Å². The van der Waals surface area contributed by atoms with E-state index >= 15 is 0 Å². The van der Waals surface area contributed by atoms with Crippen molar-refractivity contribution in [1.82, 2.24) is 0 Å². The highest BCUT2D eigenvalue weighted by atomic mass is 32.1. The Morgan fingerprint density at radius 2 is 2.23 bits per heavy atom. The highest BCUT2D eigenvalue weighted by Gasteiger charge is 1.99. The quantitative estimate of drug-likeness (QED) is 0.512. The maximum Gasteiger partial charge on any atom is 0.0574 e. The SMILES string of the molecule is Cc1ccc(NCC(C)S)c(N)c1. The molecule has 1 aromatic rings. The lowest BCUT2D eigenvalue weighted by Crippen LogP contribution is -2.11. The second kappa shape index (κ2) is 4.42. The van der Waals surface area contributed by atoms with Crippen LogP contribution in [0.15, 0.2) is 18.2 Å². The predicted octanol–water partition coefficient (Wildman–Crippen LogP) is 2.31. The van der Waals surface area contributed by atoms with Crippen LogP contribution in [0.3, 0.4) is 0 Å². The predicted molar refractivity (Wildman–Crippen MR) is 62.5 cm³/mol. The summed E-state index contributed by atoms with van der Waals surface area (Å²) in [5.41, 5.74) is 8.79. The molecule has 13 heavy (non-hydrogen) atoms. The van der Waals surface area contributed by atoms with Crippen LogP contribution in [-0.4, -0.2) is 11.8 Å². The number of thiol groups is 1. The topological polar surface area (TPSA) is 38.0 Å². The summed E-state index contributed by atoms with van der Waals surface area (Å²) in [5.74, 6) is 0. The molecule has 1 atom stereocenters. The van der Waals surface area contributed by atoms with Gasteiger partial charge in [-0.15, -0.1) is 0 Å². The Morgan fingerprint density at radius 1 is 1.54 bits per heavy atom. The normalized spacial score (nSPS) is 12.5. The molecule has 2 nitrogen and oxygen atoms in total. The summed E-state index contributed by atoms with van der Waals surface area (Å²) in [6.45, 7) is 4.90. The van der Waals surface area contributed by atoms with E-state index in [0.29, 0.717) is 5.25 Å². The molecule has 0 aliphatic rings. The van der Waals surface area contributed by atoms with Gasteiger partial charge in [-0.05, 0) is 24.6 Å². The van der Waals surface area contributed by atoms with Crippen molar-refractivity contribution in [3.63, 3.8) is 0 Å². The molecule has 0 fully saturated rings. The molecule has 3 N–H and O–H groups in total. The molecule has 0 aliphatic carbocycles. The number of nitrogen functional groups attached to an aromatic ring is 1. The number of hydrogen-bond donors (Lipinski definition) is 3. The van der Waals surface area contributed by atoms with Crippen molar-refractivity contribution in [2.45, 2.75) is 19.1 Å². The lowest BCUT2D eigenvalue weighted by atomic mass is 10.2. The molecule has 0 bridgehead atoms. The Kier molecular flexibility index (Phi) is 3.48. The first-order valence-corrected chi connectivity index (χ1v) is 4.89. The zero-order chi connectivity index (χ0) is 9.84. The van der Waals surface area contributed by atoms with Crippen molar-refractivity contribution in [1.29, 1.82) is 0 Å². The van der Waals surface area contributed by atoms with E-state index in [1.807, 2.05) is 32.0 Å². The Labute approximate surface area is 84.9 Å². The zero-order valence-corrected chi connectivity index (χ0v) is 8.94. The smallest absolute Gasteiger partial charge is 0.0574 e. The summed E-state index contributed by atoms with van der Waals surface area (Å²) in [6.07, 6.45) is 0. The van der Waals surface area contributed by atoms with Crippen LogP contribution in [0.25, 0.3) is 0 Å². The molecule has 0 radical (unpaired) electrons. The van der Waals surface area contributed by atoms with Gasteiger partial charge in [-0.1, -0.05) is 13.0 Å². The van der Waals surface area contributed by atoms with Gasteiger partial charge < -0.3 is 11.1 Å². The summed E-state index contributed by atoms with van der Waals surface area (Å²) >= 11 is 4.28. The van der Waals surface area contributed by atoms with Crippen LogP contribution in [-0.2, 0) is 0 Å². The lowest BCUT2D eigenvalue weighted by Gasteiger charge is -2.11. The summed E-state index contributed by atoms with van der Waals surface area (Å²) in [4.78, 5) is 0. The number of anilines is 2. The molecule has 0 aliphatic heterocycles. The minimum Gasteiger partial charge on any atom is -0.397 e. The van der Waals surface area contributed by atoms with E-state index in [9.17, 15) is 0 Å². The fourth-order valence-corrected chi connectivity index (χ4v) is 1.19. The van der Waals surface area contributed by atoms with Crippen LogP contribution in [0.1, 0.15) is 12.5 Å². The summed E-state index contributed by atoms with van der Waals surface area (Å²) < 4.78 is 0. The van der Waals surface area contributed by atoms with Crippen LogP contribution in [0, 0.1) is 6.92 Å². The molecule has 1 rings (SSSR count). The first kappa shape index (κ1) is 10.3. The molecule has 0 aromatic heterocycles. The number of nitrogens with one attached hydrogen (secondary N) is 1. The Hall–Kier alpha value is -0.830. The highest BCUT2D eigenvalue weighted by molar-refractivity contribution is 7.80. The largest absolute Gasteiger partial charge is 0.397 e. The molecular formula is C10H16N2S. The maximum absolute atomic E-state index is 5.82. The number of benzene rings is 1. The summed E-state index contributed by atoms with van der Waals surface area (Å²) in [7, 11) is 0. The molecular weight excluding hydrogens is 180 g/mol. The van der Waals surface area contributed by atoms with Gasteiger partial charge >= 0.3 is 0 Å². The van der Waals surface area contributed by atoms with Gasteiger partial charge in [0.05, 0.1) is 11.4 Å². The van der Waals surface area contributed by atoms with E-state index in [4.69, 9.17) is 5.73 Å². The minimum atomic E-state index is 0.334. The number of aryl methyl sites for hydroxylation is 1. The molecule has 0 amide bonds. The zero-order valence-electron chi connectivity index (χ0n) is 8.04. The molecule has 0 saturated carbocycles. The molecule has 1 unspecified atom stereocenters. The second-order valence-corrected chi connectivity index (χ2v) is 4.20. The average molecular weight is 196 g/mol. The van der Waals surface area contributed by atoms with Crippen LogP contribution in [0.5, 0.6) is 0 Å². The Bertz CT molecular complexity index is 284. The van der Waals surface area contributed by atoms with E-state index in [-0.39, 0.29) is 0 Å². The van der Waals surface area contributed by atoms with Gasteiger partial charge in [0, 0.05) is 11.8 Å². The molecule has 0 saturated heterocycles. The standard InChI is InChI=1S/C10H16N2S/c1-7-3-4-10(9(11)5-7)12-6-8(2)13/h3-5,8,12-13H,6,11H2,1-2H3. The first-order valence-electron chi connectivity index (χ1n) is 4.37. The van der Waals surface area contributed by atoms with Gasteiger partial charge in [-0.3, -0.25) is 0 Å². The van der Waals surface area contributed by atoms with Gasteiger partial charge in [0.15, 0.2) is 0 Å². The number of hydrogen-bond acceptors (Lipinski definition) is 3. The van der Waals surface area contributed by atoms with E-state index in [1.54, 1.807) is 0 Å². The van der Waals surface area contributed by atoms with Crippen molar-refractivity contribution < 1.29 is 0 Å². The lowest BCUT2D eigenvalue weighted by molar-refractivity contribution is 1.01. The Balaban J connectivity index is 2.67. The Morgan fingerprint density at radius 3 is 2.77 bits per heavy atom. The molecule has 1 aromatic carbocycles. The highest BCUT2D eigenvalue weighted by Crippen LogP contribution is 2.19. The third kappa shape index (κ3) is 3.19. The van der Waals surface area contributed by atoms with Crippen molar-refractivity contribution in [2.75, 3.05) is 17.6 Å². The third-order valence-corrected chi connectivity index (χ3v) is 1.98. The minimum absolute atomic E-state index is 0.334. The van der Waals surface area contributed by atoms with Gasteiger partial charge in [-0.25, -0.2) is 0 Å². The van der Waals surface area contributed by atoms with E-state index in [1.165, 1.54) is 5.56 Å². The van der Waals surface area contributed by atoms with E-state index in [2.05, 4.69) is 17.9 Å². The van der Waals surface area contributed by atoms with Crippen LogP contribution < -0.4 is 11.1 Å². The third-order valence-electron chi connectivity index (χ3n) is 1.79. The van der Waals surface area contributed by atoms with Crippen LogP contribution >= 0.6 is 12.6 Å². The van der Waals surface area contributed by atoms with Gasteiger partial charge in [0.25, 0.3) is 0 Å². The van der Waals surface area contributed by atoms with E-state index in [0.717, 1.165) is 17.9 Å².